The Hall–Kier alpha value is -3.57. The summed E-state index contributed by atoms with van der Waals surface area (Å²) in [6.45, 7) is 4.59. The molecule has 0 atom stereocenters. The number of hydrogen-bond acceptors (Lipinski definition) is 9. The average molecular weight is 533 g/mol. The van der Waals surface area contributed by atoms with E-state index >= 15 is 0 Å². The molecule has 3 aromatic rings. The molecule has 0 unspecified atom stereocenters. The number of carbonyl (C=O) groups excluding carboxylic acids is 3. The average Bonchev–Trinajstić information content (AvgIpc) is 3.28. The van der Waals surface area contributed by atoms with Gasteiger partial charge in [-0.3, -0.25) is 4.79 Å². The topological polar surface area (TPSA) is 122 Å². The second-order valence-electron chi connectivity index (χ2n) is 7.42. The van der Waals surface area contributed by atoms with Crippen LogP contribution in [0.3, 0.4) is 0 Å². The third kappa shape index (κ3) is 6.55. The molecule has 1 amide bonds. The zero-order valence-corrected chi connectivity index (χ0v) is 21.7. The molecular weight excluding hydrogens is 508 g/mol. The van der Waals surface area contributed by atoms with Crippen molar-refractivity contribution in [2.24, 2.45) is 0 Å². The number of nitrogens with one attached hydrogen (secondary N) is 1. The second kappa shape index (κ2) is 12.4. The van der Waals surface area contributed by atoms with Crippen LogP contribution in [0.25, 0.3) is 0 Å². The molecule has 0 saturated heterocycles. The second-order valence-corrected chi connectivity index (χ2v) is 8.77. The van der Waals surface area contributed by atoms with E-state index in [0.29, 0.717) is 28.3 Å². The maximum Gasteiger partial charge on any atom is 0.339 e. The molecule has 36 heavy (non-hydrogen) atoms. The van der Waals surface area contributed by atoms with E-state index in [1.54, 1.807) is 12.1 Å². The van der Waals surface area contributed by atoms with Gasteiger partial charge in [0.15, 0.2) is 11.0 Å². The zero-order valence-electron chi connectivity index (χ0n) is 20.2. The minimum atomic E-state index is -0.652. The van der Waals surface area contributed by atoms with Gasteiger partial charge < -0.3 is 24.1 Å². The molecule has 12 heteroatoms. The van der Waals surface area contributed by atoms with Crippen molar-refractivity contribution < 1.29 is 28.6 Å². The first-order valence-electron chi connectivity index (χ1n) is 10.8. The van der Waals surface area contributed by atoms with Gasteiger partial charge >= 0.3 is 11.9 Å². The number of aromatic nitrogens is 3. The molecule has 0 saturated carbocycles. The first-order valence-corrected chi connectivity index (χ1v) is 12.2. The highest BCUT2D eigenvalue weighted by Crippen LogP contribution is 2.24. The Morgan fingerprint density at radius 2 is 1.81 bits per heavy atom. The van der Waals surface area contributed by atoms with Gasteiger partial charge in [-0.25, -0.2) is 9.59 Å². The molecule has 0 aliphatic carbocycles. The Kier molecular flexibility index (Phi) is 9.31. The number of ether oxygens (including phenoxy) is 3. The fourth-order valence-corrected chi connectivity index (χ4v) is 4.14. The molecule has 0 spiro atoms. The molecule has 0 fully saturated rings. The Morgan fingerprint density at radius 1 is 1.06 bits per heavy atom. The normalized spacial score (nSPS) is 10.6. The van der Waals surface area contributed by atoms with E-state index < -0.39 is 17.8 Å². The third-order valence-electron chi connectivity index (χ3n) is 5.06. The lowest BCUT2D eigenvalue weighted by atomic mass is 10.1. The summed E-state index contributed by atoms with van der Waals surface area (Å²) in [6.07, 6.45) is 0. The minimum Gasteiger partial charge on any atom is -0.486 e. The molecule has 0 radical (unpaired) electrons. The van der Waals surface area contributed by atoms with Gasteiger partial charge in [0.05, 0.1) is 36.8 Å². The summed E-state index contributed by atoms with van der Waals surface area (Å²) >= 11 is 7.24. The van der Waals surface area contributed by atoms with Crippen LogP contribution in [-0.4, -0.2) is 52.6 Å². The lowest BCUT2D eigenvalue weighted by Crippen LogP contribution is -2.18. The van der Waals surface area contributed by atoms with Crippen LogP contribution < -0.4 is 10.1 Å². The van der Waals surface area contributed by atoms with Crippen LogP contribution in [-0.2, 0) is 27.4 Å². The SMILES string of the molecule is CCn1c(COc2ccc(Cl)c(C)c2)nnc1SCC(=O)Nc1cc(C(=O)OC)ccc1C(=O)OC. The number of rotatable bonds is 10. The molecular formula is C24H25ClN4O6S. The summed E-state index contributed by atoms with van der Waals surface area (Å²) < 4.78 is 17.1. The highest BCUT2D eigenvalue weighted by molar-refractivity contribution is 7.99. The third-order valence-corrected chi connectivity index (χ3v) is 6.45. The van der Waals surface area contributed by atoms with Crippen LogP contribution in [0, 0.1) is 6.92 Å². The number of benzene rings is 2. The number of aryl methyl sites for hydroxylation is 1. The molecule has 190 valence electrons. The minimum absolute atomic E-state index is 0.0154. The van der Waals surface area contributed by atoms with Gasteiger partial charge in [0.2, 0.25) is 5.91 Å². The quantitative estimate of drug-likeness (QED) is 0.303. The Morgan fingerprint density at radius 3 is 2.47 bits per heavy atom. The molecule has 3 rings (SSSR count). The number of methoxy groups -OCH3 is 2. The summed E-state index contributed by atoms with van der Waals surface area (Å²) in [5, 5.41) is 12.2. The van der Waals surface area contributed by atoms with E-state index in [4.69, 9.17) is 25.8 Å². The van der Waals surface area contributed by atoms with Gasteiger partial charge in [0.1, 0.15) is 12.4 Å². The van der Waals surface area contributed by atoms with E-state index in [2.05, 4.69) is 15.5 Å². The number of nitrogens with zero attached hydrogens (tertiary/aromatic N) is 3. The van der Waals surface area contributed by atoms with Crippen LogP contribution in [0.1, 0.15) is 39.0 Å². The van der Waals surface area contributed by atoms with E-state index in [0.717, 1.165) is 5.56 Å². The van der Waals surface area contributed by atoms with E-state index in [1.165, 1.54) is 44.2 Å². The van der Waals surface area contributed by atoms with Crippen molar-refractivity contribution in [1.29, 1.82) is 0 Å². The summed E-state index contributed by atoms with van der Waals surface area (Å²) in [4.78, 5) is 36.7. The smallest absolute Gasteiger partial charge is 0.339 e. The van der Waals surface area contributed by atoms with Gasteiger partial charge in [0, 0.05) is 11.6 Å². The highest BCUT2D eigenvalue weighted by Gasteiger charge is 2.19. The number of anilines is 1. The first kappa shape index (κ1) is 27.0. The predicted molar refractivity (Wildman–Crippen MR) is 135 cm³/mol. The number of esters is 2. The fourth-order valence-electron chi connectivity index (χ4n) is 3.20. The van der Waals surface area contributed by atoms with Crippen molar-refractivity contribution in [2.75, 3.05) is 25.3 Å². The number of halogens is 1. The zero-order chi connectivity index (χ0) is 26.2. The summed E-state index contributed by atoms with van der Waals surface area (Å²) in [7, 11) is 2.47. The fraction of sp³-hybridized carbons (Fsp3) is 0.292. The monoisotopic (exact) mass is 532 g/mol. The molecule has 2 aromatic carbocycles. The van der Waals surface area contributed by atoms with Crippen LogP contribution >= 0.6 is 23.4 Å². The van der Waals surface area contributed by atoms with Crippen molar-refractivity contribution in [2.45, 2.75) is 32.2 Å². The van der Waals surface area contributed by atoms with Crippen molar-refractivity contribution >= 4 is 46.9 Å². The number of thioether (sulfide) groups is 1. The molecule has 0 aliphatic heterocycles. The van der Waals surface area contributed by atoms with Gasteiger partial charge in [-0.2, -0.15) is 0 Å². The first-order chi connectivity index (χ1) is 17.3. The molecule has 1 aromatic heterocycles. The molecule has 0 bridgehead atoms. The maximum absolute atomic E-state index is 12.7. The Labute approximate surface area is 217 Å². The lowest BCUT2D eigenvalue weighted by Gasteiger charge is -2.12. The number of hydrogen-bond donors (Lipinski definition) is 1. The standard InChI is InChI=1S/C24H25ClN4O6S/c1-5-29-20(12-35-16-7-9-18(25)14(2)10-16)27-28-24(29)36-13-21(30)26-19-11-15(22(31)33-3)6-8-17(19)23(32)34-4/h6-11H,5,12-13H2,1-4H3,(H,26,30). The number of amides is 1. The van der Waals surface area contributed by atoms with Crippen molar-refractivity contribution in [3.63, 3.8) is 0 Å². The summed E-state index contributed by atoms with van der Waals surface area (Å²) in [5.41, 5.74) is 1.33. The molecule has 1 N–H and O–H groups in total. The van der Waals surface area contributed by atoms with E-state index in [-0.39, 0.29) is 29.2 Å². The largest absolute Gasteiger partial charge is 0.486 e. The predicted octanol–water partition coefficient (Wildman–Crippen LogP) is 4.14. The van der Waals surface area contributed by atoms with Crippen molar-refractivity contribution in [3.8, 4) is 5.75 Å². The van der Waals surface area contributed by atoms with Gasteiger partial charge in [-0.05, 0) is 55.8 Å². The molecule has 1 heterocycles. The van der Waals surface area contributed by atoms with Crippen molar-refractivity contribution in [3.05, 3.63) is 63.9 Å². The number of carbonyl (C=O) groups is 3. The van der Waals surface area contributed by atoms with Crippen molar-refractivity contribution in [1.82, 2.24) is 14.8 Å². The maximum atomic E-state index is 12.7. The molecule has 10 nitrogen and oxygen atoms in total. The lowest BCUT2D eigenvalue weighted by molar-refractivity contribution is -0.113. The van der Waals surface area contributed by atoms with Gasteiger partial charge in [0.25, 0.3) is 0 Å². The van der Waals surface area contributed by atoms with Crippen LogP contribution in [0.4, 0.5) is 5.69 Å². The molecule has 0 aliphatic rings. The Balaban J connectivity index is 1.67. The summed E-state index contributed by atoms with van der Waals surface area (Å²) in [6, 6.07) is 9.56. The van der Waals surface area contributed by atoms with Crippen LogP contribution in [0.5, 0.6) is 5.75 Å². The van der Waals surface area contributed by atoms with E-state index in [9.17, 15) is 14.4 Å². The van der Waals surface area contributed by atoms with E-state index in [1.807, 2.05) is 24.5 Å². The van der Waals surface area contributed by atoms with Crippen LogP contribution in [0.2, 0.25) is 5.02 Å². The highest BCUT2D eigenvalue weighted by atomic mass is 35.5. The van der Waals surface area contributed by atoms with Gasteiger partial charge in [-0.15, -0.1) is 10.2 Å². The summed E-state index contributed by atoms with van der Waals surface area (Å²) in [5.74, 6) is -0.416. The van der Waals surface area contributed by atoms with Gasteiger partial charge in [-0.1, -0.05) is 23.4 Å². The van der Waals surface area contributed by atoms with Crippen LogP contribution in [0.15, 0.2) is 41.6 Å². The Bertz CT molecular complexity index is 1280.